The lowest BCUT2D eigenvalue weighted by Gasteiger charge is -2.04. The topological polar surface area (TPSA) is 26.0 Å². The number of nitrogens with two attached hydrogens (primary N) is 1. The van der Waals surface area contributed by atoms with Crippen molar-refractivity contribution in [1.82, 2.24) is 0 Å². The third-order valence-electron chi connectivity index (χ3n) is 1.55. The average molecular weight is 210 g/mol. The highest BCUT2D eigenvalue weighted by atomic mass is 35.5. The molecular weight excluding hydrogens is 197 g/mol. The highest BCUT2D eigenvalue weighted by molar-refractivity contribution is 7.12. The molecule has 1 nitrogen and oxygen atoms in total. The summed E-state index contributed by atoms with van der Waals surface area (Å²) >= 11 is 1.64. The summed E-state index contributed by atoms with van der Waals surface area (Å²) in [5.41, 5.74) is 5.69. The molecule has 0 saturated heterocycles. The van der Waals surface area contributed by atoms with Crippen LogP contribution in [0.15, 0.2) is 12.1 Å². The van der Waals surface area contributed by atoms with Gasteiger partial charge in [0.25, 0.3) is 0 Å². The molecule has 0 bridgehead atoms. The molecule has 0 fully saturated rings. The van der Waals surface area contributed by atoms with Crippen LogP contribution >= 0.6 is 23.7 Å². The van der Waals surface area contributed by atoms with E-state index in [1.165, 1.54) is 4.88 Å². The molecule has 0 aromatic carbocycles. The largest absolute Gasteiger partial charge is 0.323 e. The van der Waals surface area contributed by atoms with Crippen molar-refractivity contribution in [1.29, 1.82) is 0 Å². The summed E-state index contributed by atoms with van der Waals surface area (Å²) in [5.74, 6) is 0. The van der Waals surface area contributed by atoms with E-state index >= 15 is 0 Å². The van der Waals surface area contributed by atoms with Crippen LogP contribution in [0.25, 0.3) is 0 Å². The fourth-order valence-electron chi connectivity index (χ4n) is 0.913. The van der Waals surface area contributed by atoms with Gasteiger partial charge < -0.3 is 5.73 Å². The van der Waals surface area contributed by atoms with Crippen LogP contribution < -0.4 is 5.73 Å². The number of hydrogen-bond donors (Lipinski definition) is 1. The molecule has 0 saturated carbocycles. The van der Waals surface area contributed by atoms with Gasteiger partial charge >= 0.3 is 0 Å². The number of halogens is 2. The van der Waals surface area contributed by atoms with Crippen LogP contribution in [0.5, 0.6) is 0 Å². The molecular formula is C8H13ClFNS. The van der Waals surface area contributed by atoms with Crippen LogP contribution in [0.1, 0.15) is 22.2 Å². The highest BCUT2D eigenvalue weighted by Gasteiger charge is 2.06. The third kappa shape index (κ3) is 3.09. The number of thiophene rings is 1. The first-order chi connectivity index (χ1) is 5.24. The molecule has 1 heterocycles. The molecule has 0 spiro atoms. The Labute approximate surface area is 82.2 Å². The predicted octanol–water partition coefficient (Wildman–Crippen LogP) is 2.84. The summed E-state index contributed by atoms with van der Waals surface area (Å²) in [5, 5.41) is 0. The van der Waals surface area contributed by atoms with Gasteiger partial charge in [-0.15, -0.1) is 23.7 Å². The summed E-state index contributed by atoms with van der Waals surface area (Å²) in [4.78, 5) is 2.31. The first-order valence-corrected chi connectivity index (χ1v) is 4.43. The number of rotatable bonds is 3. The predicted molar refractivity (Wildman–Crippen MR) is 53.8 cm³/mol. The van der Waals surface area contributed by atoms with Gasteiger partial charge in [0.1, 0.15) is 0 Å². The molecule has 70 valence electrons. The third-order valence-corrected chi connectivity index (χ3v) is 2.68. The molecule has 4 heteroatoms. The summed E-state index contributed by atoms with van der Waals surface area (Å²) < 4.78 is 11.9. The van der Waals surface area contributed by atoms with E-state index in [2.05, 4.69) is 0 Å². The van der Waals surface area contributed by atoms with Gasteiger partial charge in [0.05, 0.1) is 6.67 Å². The molecule has 1 aromatic heterocycles. The maximum Gasteiger partial charge on any atom is 0.0912 e. The molecule has 1 atom stereocenters. The number of aryl methyl sites for hydroxylation is 1. The van der Waals surface area contributed by atoms with E-state index in [-0.39, 0.29) is 25.1 Å². The van der Waals surface area contributed by atoms with E-state index in [1.54, 1.807) is 11.3 Å². The zero-order valence-electron chi connectivity index (χ0n) is 6.92. The van der Waals surface area contributed by atoms with Crippen molar-refractivity contribution in [3.05, 3.63) is 21.9 Å². The second-order valence-corrected chi connectivity index (χ2v) is 3.85. The van der Waals surface area contributed by atoms with Crippen LogP contribution in [-0.2, 0) is 0 Å². The van der Waals surface area contributed by atoms with Crippen LogP contribution in [0.4, 0.5) is 4.39 Å². The minimum absolute atomic E-state index is 0. The Kier molecular flexibility index (Phi) is 5.46. The summed E-state index contributed by atoms with van der Waals surface area (Å²) in [7, 11) is 0. The van der Waals surface area contributed by atoms with Gasteiger partial charge in [0.15, 0.2) is 0 Å². The Morgan fingerprint density at radius 2 is 2.25 bits per heavy atom. The van der Waals surface area contributed by atoms with Crippen LogP contribution in [0.2, 0.25) is 0 Å². The van der Waals surface area contributed by atoms with Crippen LogP contribution in [0.3, 0.4) is 0 Å². The summed E-state index contributed by atoms with van der Waals surface area (Å²) in [6.45, 7) is 1.69. The van der Waals surface area contributed by atoms with E-state index in [0.717, 1.165) is 4.88 Å². The average Bonchev–Trinajstić information content (AvgIpc) is 2.36. The zero-order valence-corrected chi connectivity index (χ0v) is 8.55. The first-order valence-electron chi connectivity index (χ1n) is 3.62. The van der Waals surface area contributed by atoms with Gasteiger partial charge in [0.2, 0.25) is 0 Å². The lowest BCUT2D eigenvalue weighted by molar-refractivity contribution is 0.444. The first kappa shape index (κ1) is 11.9. The lowest BCUT2D eigenvalue weighted by Crippen LogP contribution is -2.08. The Morgan fingerprint density at radius 1 is 1.58 bits per heavy atom. The summed E-state index contributed by atoms with van der Waals surface area (Å²) in [6.07, 6.45) is 0.431. The quantitative estimate of drug-likeness (QED) is 0.814. The molecule has 0 radical (unpaired) electrons. The zero-order chi connectivity index (χ0) is 8.27. The monoisotopic (exact) mass is 209 g/mol. The van der Waals surface area contributed by atoms with Crippen molar-refractivity contribution in [2.24, 2.45) is 5.73 Å². The van der Waals surface area contributed by atoms with E-state index in [9.17, 15) is 4.39 Å². The smallest absolute Gasteiger partial charge is 0.0912 e. The molecule has 0 aliphatic rings. The number of hydrogen-bond acceptors (Lipinski definition) is 2. The number of alkyl halides is 1. The molecule has 0 amide bonds. The second-order valence-electron chi connectivity index (χ2n) is 2.53. The van der Waals surface area contributed by atoms with Gasteiger partial charge in [-0.3, -0.25) is 4.39 Å². The Hall–Kier alpha value is -0.120. The molecule has 1 aromatic rings. The molecule has 1 rings (SSSR count). The van der Waals surface area contributed by atoms with Gasteiger partial charge in [-0.25, -0.2) is 0 Å². The highest BCUT2D eigenvalue weighted by Crippen LogP contribution is 2.22. The maximum absolute atomic E-state index is 11.9. The normalized spacial score (nSPS) is 12.2. The Morgan fingerprint density at radius 3 is 2.67 bits per heavy atom. The van der Waals surface area contributed by atoms with Crippen LogP contribution in [0, 0.1) is 6.92 Å². The minimum atomic E-state index is -0.335. The van der Waals surface area contributed by atoms with E-state index < -0.39 is 0 Å². The van der Waals surface area contributed by atoms with E-state index in [0.29, 0.717) is 6.42 Å². The van der Waals surface area contributed by atoms with Crippen LogP contribution in [-0.4, -0.2) is 6.67 Å². The standard InChI is InChI=1S/C8H12FNS.ClH/c1-6-2-3-8(11-6)7(10)4-5-9;/h2-3,7H,4-5,10H2,1H3;1H/t7-;/m0./s1. The van der Waals surface area contributed by atoms with Crippen molar-refractivity contribution >= 4 is 23.7 Å². The molecule has 0 aliphatic heterocycles. The van der Waals surface area contributed by atoms with Crippen molar-refractivity contribution < 1.29 is 4.39 Å². The van der Waals surface area contributed by atoms with Gasteiger partial charge in [-0.1, -0.05) is 0 Å². The van der Waals surface area contributed by atoms with Gasteiger partial charge in [-0.05, 0) is 25.5 Å². The van der Waals surface area contributed by atoms with Crippen molar-refractivity contribution in [3.63, 3.8) is 0 Å². The maximum atomic E-state index is 11.9. The molecule has 12 heavy (non-hydrogen) atoms. The SMILES string of the molecule is Cc1ccc([C@@H](N)CCF)s1.Cl. The van der Waals surface area contributed by atoms with E-state index in [4.69, 9.17) is 5.73 Å². The van der Waals surface area contributed by atoms with Crippen molar-refractivity contribution in [3.8, 4) is 0 Å². The Balaban J connectivity index is 0.00000121. The fourth-order valence-corrected chi connectivity index (χ4v) is 1.83. The van der Waals surface area contributed by atoms with Gasteiger partial charge in [-0.2, -0.15) is 0 Å². The second kappa shape index (κ2) is 5.51. The van der Waals surface area contributed by atoms with Gasteiger partial charge in [0, 0.05) is 15.8 Å². The lowest BCUT2D eigenvalue weighted by atomic mass is 10.2. The molecule has 0 aliphatic carbocycles. The van der Waals surface area contributed by atoms with E-state index in [1.807, 2.05) is 19.1 Å². The summed E-state index contributed by atoms with van der Waals surface area (Å²) in [6, 6.07) is 3.87. The minimum Gasteiger partial charge on any atom is -0.323 e. The fraction of sp³-hybridized carbons (Fsp3) is 0.500. The molecule has 2 N–H and O–H groups in total. The van der Waals surface area contributed by atoms with Crippen molar-refractivity contribution in [2.75, 3.05) is 6.67 Å². The van der Waals surface area contributed by atoms with Crippen molar-refractivity contribution in [2.45, 2.75) is 19.4 Å². The molecule has 0 unspecified atom stereocenters. The Bertz CT molecular complexity index is 227.